The van der Waals surface area contributed by atoms with Gasteiger partial charge in [-0.3, -0.25) is 0 Å². The molecule has 0 bridgehead atoms. The van der Waals surface area contributed by atoms with Crippen molar-refractivity contribution in [2.75, 3.05) is 6.61 Å². The summed E-state index contributed by atoms with van der Waals surface area (Å²) in [5.41, 5.74) is 11.2. The molecule has 5 nitrogen and oxygen atoms in total. The highest BCUT2D eigenvalue weighted by Crippen LogP contribution is 2.13. The standard InChI is InChI=1S/C12H18N4O/c1-9(2)8-17-11-5-3-4-10(6-11)7-15-16-12(13)14/h3-7,9H,8H2,1-2H3,(H4,13,14,16). The Morgan fingerprint density at radius 1 is 1.41 bits per heavy atom. The van der Waals surface area contributed by atoms with Gasteiger partial charge in [-0.25, -0.2) is 0 Å². The third-order valence-electron chi connectivity index (χ3n) is 1.82. The molecule has 0 aliphatic heterocycles. The number of benzene rings is 1. The van der Waals surface area contributed by atoms with Crippen LogP contribution in [0.1, 0.15) is 19.4 Å². The van der Waals surface area contributed by atoms with E-state index in [4.69, 9.17) is 16.2 Å². The highest BCUT2D eigenvalue weighted by molar-refractivity contribution is 5.81. The largest absolute Gasteiger partial charge is 0.493 e. The lowest BCUT2D eigenvalue weighted by Gasteiger charge is -2.08. The third kappa shape index (κ3) is 5.55. The first-order valence-corrected chi connectivity index (χ1v) is 5.42. The van der Waals surface area contributed by atoms with E-state index < -0.39 is 0 Å². The molecule has 5 heteroatoms. The first-order valence-electron chi connectivity index (χ1n) is 5.42. The Bertz CT molecular complexity index is 409. The van der Waals surface area contributed by atoms with Gasteiger partial charge in [-0.1, -0.05) is 26.0 Å². The van der Waals surface area contributed by atoms with E-state index in [0.29, 0.717) is 12.5 Å². The molecule has 0 spiro atoms. The van der Waals surface area contributed by atoms with Crippen molar-refractivity contribution in [3.05, 3.63) is 29.8 Å². The van der Waals surface area contributed by atoms with Crippen molar-refractivity contribution in [1.82, 2.24) is 0 Å². The molecule has 0 unspecified atom stereocenters. The van der Waals surface area contributed by atoms with Crippen LogP contribution in [0.3, 0.4) is 0 Å². The molecular formula is C12H18N4O. The molecule has 0 aromatic heterocycles. The summed E-state index contributed by atoms with van der Waals surface area (Å²) >= 11 is 0. The summed E-state index contributed by atoms with van der Waals surface area (Å²) < 4.78 is 5.59. The van der Waals surface area contributed by atoms with Gasteiger partial charge in [-0.15, -0.1) is 5.10 Å². The molecule has 92 valence electrons. The number of hydrogen-bond donors (Lipinski definition) is 2. The summed E-state index contributed by atoms with van der Waals surface area (Å²) in [5, 5.41) is 7.26. The fraction of sp³-hybridized carbons (Fsp3) is 0.333. The number of nitrogens with two attached hydrogens (primary N) is 2. The Morgan fingerprint density at radius 3 is 2.82 bits per heavy atom. The van der Waals surface area contributed by atoms with Crippen LogP contribution in [0.15, 0.2) is 34.5 Å². The van der Waals surface area contributed by atoms with Gasteiger partial charge in [0.2, 0.25) is 5.96 Å². The summed E-state index contributed by atoms with van der Waals surface area (Å²) in [6.45, 7) is 4.89. The van der Waals surface area contributed by atoms with Gasteiger partial charge < -0.3 is 16.2 Å². The Kier molecular flexibility index (Phi) is 5.00. The third-order valence-corrected chi connectivity index (χ3v) is 1.82. The number of guanidine groups is 1. The van der Waals surface area contributed by atoms with Crippen LogP contribution >= 0.6 is 0 Å². The first kappa shape index (κ1) is 13.0. The highest BCUT2D eigenvalue weighted by atomic mass is 16.5. The van der Waals surface area contributed by atoms with E-state index in [9.17, 15) is 0 Å². The van der Waals surface area contributed by atoms with E-state index in [1.54, 1.807) is 6.21 Å². The molecule has 0 heterocycles. The molecule has 0 fully saturated rings. The van der Waals surface area contributed by atoms with Crippen molar-refractivity contribution in [2.45, 2.75) is 13.8 Å². The van der Waals surface area contributed by atoms with Crippen molar-refractivity contribution < 1.29 is 4.74 Å². The van der Waals surface area contributed by atoms with Crippen molar-refractivity contribution in [2.24, 2.45) is 27.6 Å². The molecule has 0 atom stereocenters. The van der Waals surface area contributed by atoms with E-state index >= 15 is 0 Å². The minimum Gasteiger partial charge on any atom is -0.493 e. The summed E-state index contributed by atoms with van der Waals surface area (Å²) in [5.74, 6) is 1.25. The number of nitrogens with zero attached hydrogens (tertiary/aromatic N) is 2. The lowest BCUT2D eigenvalue weighted by atomic mass is 10.2. The maximum absolute atomic E-state index is 5.59. The van der Waals surface area contributed by atoms with Gasteiger partial charge >= 0.3 is 0 Å². The van der Waals surface area contributed by atoms with Crippen LogP contribution in [0, 0.1) is 5.92 Å². The minimum atomic E-state index is -0.0616. The van der Waals surface area contributed by atoms with Gasteiger partial charge in [0.1, 0.15) is 5.75 Å². The Labute approximate surface area is 101 Å². The van der Waals surface area contributed by atoms with Gasteiger partial charge in [-0.05, 0) is 23.6 Å². The van der Waals surface area contributed by atoms with E-state index in [2.05, 4.69) is 24.1 Å². The fourth-order valence-electron chi connectivity index (χ4n) is 1.11. The minimum absolute atomic E-state index is 0.0616. The smallest absolute Gasteiger partial charge is 0.211 e. The molecule has 4 N–H and O–H groups in total. The molecule has 0 aliphatic rings. The summed E-state index contributed by atoms with van der Waals surface area (Å²) in [4.78, 5) is 0. The highest BCUT2D eigenvalue weighted by Gasteiger charge is 1.97. The predicted molar refractivity (Wildman–Crippen MR) is 70.2 cm³/mol. The molecule has 0 aliphatic carbocycles. The second-order valence-electron chi connectivity index (χ2n) is 4.05. The predicted octanol–water partition coefficient (Wildman–Crippen LogP) is 1.33. The van der Waals surface area contributed by atoms with Crippen LogP contribution in [-0.2, 0) is 0 Å². The monoisotopic (exact) mass is 234 g/mol. The zero-order valence-electron chi connectivity index (χ0n) is 10.1. The van der Waals surface area contributed by atoms with Gasteiger partial charge in [0.25, 0.3) is 0 Å². The first-order chi connectivity index (χ1) is 8.08. The van der Waals surface area contributed by atoms with Gasteiger partial charge in [0.15, 0.2) is 0 Å². The average Bonchev–Trinajstić information content (AvgIpc) is 2.26. The lowest BCUT2D eigenvalue weighted by Crippen LogP contribution is -2.21. The van der Waals surface area contributed by atoms with Crippen LogP contribution in [0.2, 0.25) is 0 Å². The zero-order chi connectivity index (χ0) is 12.7. The van der Waals surface area contributed by atoms with Gasteiger partial charge in [0.05, 0.1) is 12.8 Å². The molecule has 1 aromatic carbocycles. The summed E-state index contributed by atoms with van der Waals surface area (Å²) in [6.07, 6.45) is 1.57. The van der Waals surface area contributed by atoms with Crippen LogP contribution in [0.25, 0.3) is 0 Å². The SMILES string of the molecule is CC(C)COc1cccc(C=NN=C(N)N)c1. The van der Waals surface area contributed by atoms with Crippen LogP contribution < -0.4 is 16.2 Å². The average molecular weight is 234 g/mol. The zero-order valence-corrected chi connectivity index (χ0v) is 10.1. The maximum atomic E-state index is 5.59. The maximum Gasteiger partial charge on any atom is 0.211 e. The lowest BCUT2D eigenvalue weighted by molar-refractivity contribution is 0.271. The number of hydrogen-bond acceptors (Lipinski definition) is 3. The Balaban J connectivity index is 2.65. The van der Waals surface area contributed by atoms with E-state index in [0.717, 1.165) is 11.3 Å². The molecule has 1 rings (SSSR count). The number of rotatable bonds is 5. The Morgan fingerprint density at radius 2 is 2.18 bits per heavy atom. The second-order valence-corrected chi connectivity index (χ2v) is 4.05. The normalized spacial score (nSPS) is 10.8. The van der Waals surface area contributed by atoms with Crippen LogP contribution in [-0.4, -0.2) is 18.8 Å². The molecule has 0 radical (unpaired) electrons. The Hall–Kier alpha value is -2.04. The summed E-state index contributed by atoms with van der Waals surface area (Å²) in [6, 6.07) is 7.58. The molecule has 0 saturated carbocycles. The van der Waals surface area contributed by atoms with Gasteiger partial charge in [-0.2, -0.15) is 5.10 Å². The van der Waals surface area contributed by atoms with Crippen LogP contribution in [0.5, 0.6) is 5.75 Å². The topological polar surface area (TPSA) is 86.0 Å². The van der Waals surface area contributed by atoms with Crippen molar-refractivity contribution in [1.29, 1.82) is 0 Å². The number of ether oxygens (including phenoxy) is 1. The molecule has 0 saturated heterocycles. The quantitative estimate of drug-likeness (QED) is 0.458. The molecule has 1 aromatic rings. The molecule has 0 amide bonds. The molecular weight excluding hydrogens is 216 g/mol. The fourth-order valence-corrected chi connectivity index (χ4v) is 1.11. The van der Waals surface area contributed by atoms with Crippen molar-refractivity contribution in [3.63, 3.8) is 0 Å². The van der Waals surface area contributed by atoms with Gasteiger partial charge in [0, 0.05) is 0 Å². The summed E-state index contributed by atoms with van der Waals surface area (Å²) in [7, 11) is 0. The van der Waals surface area contributed by atoms with E-state index in [1.165, 1.54) is 0 Å². The second kappa shape index (κ2) is 6.52. The van der Waals surface area contributed by atoms with Crippen LogP contribution in [0.4, 0.5) is 0 Å². The van der Waals surface area contributed by atoms with Crippen molar-refractivity contribution in [3.8, 4) is 5.75 Å². The van der Waals surface area contributed by atoms with Crippen molar-refractivity contribution >= 4 is 12.2 Å². The van der Waals surface area contributed by atoms with E-state index in [1.807, 2.05) is 24.3 Å². The molecule has 17 heavy (non-hydrogen) atoms. The van der Waals surface area contributed by atoms with E-state index in [-0.39, 0.29) is 5.96 Å².